The maximum absolute atomic E-state index is 14.0. The predicted molar refractivity (Wildman–Crippen MR) is 160 cm³/mol. The molecule has 0 unspecified atom stereocenters. The number of hydrogen-bond donors (Lipinski definition) is 3. The van der Waals surface area contributed by atoms with Crippen LogP contribution in [-0.4, -0.2) is 78.6 Å². The number of carbonyl (C=O) groups excluding carboxylic acids is 4. The van der Waals surface area contributed by atoms with E-state index in [0.29, 0.717) is 30.4 Å². The van der Waals surface area contributed by atoms with E-state index in [1.165, 1.54) is 12.1 Å². The molecule has 1 aliphatic rings. The molecule has 1 fully saturated rings. The first kappa shape index (κ1) is 36.1. The number of ether oxygens (including phenoxy) is 4. The molecule has 2 aromatic rings. The molecule has 19 heteroatoms. The van der Waals surface area contributed by atoms with E-state index in [9.17, 15) is 23.7 Å². The number of carbonyl (C=O) groups is 4. The van der Waals surface area contributed by atoms with Gasteiger partial charge in [-0.25, -0.2) is 14.2 Å². The zero-order valence-corrected chi connectivity index (χ0v) is 27.3. The van der Waals surface area contributed by atoms with E-state index in [1.54, 1.807) is 33.8 Å². The second-order valence-electron chi connectivity index (χ2n) is 9.94. The van der Waals surface area contributed by atoms with Gasteiger partial charge in [-0.3, -0.25) is 18.6 Å². The summed E-state index contributed by atoms with van der Waals surface area (Å²) in [5.74, 6) is -1.53. The lowest BCUT2D eigenvalue weighted by Gasteiger charge is -2.23. The first-order valence-electron chi connectivity index (χ1n) is 13.7. The molecule has 1 aromatic carbocycles. The fourth-order valence-electron chi connectivity index (χ4n) is 3.76. The van der Waals surface area contributed by atoms with Crippen LogP contribution in [0, 0.1) is 0 Å². The highest BCUT2D eigenvalue weighted by atomic mass is 35.5. The molecule has 3 rings (SSSR count). The Labute approximate surface area is 268 Å². The predicted octanol–water partition coefficient (Wildman–Crippen LogP) is 4.95. The summed E-state index contributed by atoms with van der Waals surface area (Å²) in [5.41, 5.74) is -0.698. The standard InChI is InChI=1S/C26H34Cl2N5O11P/c1-15(2)43-25(36)39-13-41-45(38,42-14-40-26(37)44-16(3)4)33-12-20(31-23(34)21-18(27)6-5-7-19(21)28)22(32-33)24(35)30-17-8-10-29-11-9-17/h5-7,12,15-17,29H,8-11,13-14H2,1-4H3,(H,30,35)(H,31,34). The van der Waals surface area contributed by atoms with Crippen LogP contribution in [0.1, 0.15) is 61.4 Å². The molecule has 2 heterocycles. The zero-order valence-electron chi connectivity index (χ0n) is 24.9. The number of halogens is 2. The second-order valence-corrected chi connectivity index (χ2v) is 12.6. The van der Waals surface area contributed by atoms with E-state index in [0.717, 1.165) is 6.20 Å². The molecule has 16 nitrogen and oxygen atoms in total. The minimum Gasteiger partial charge on any atom is -0.432 e. The first-order valence-corrected chi connectivity index (χ1v) is 16.0. The Kier molecular flexibility index (Phi) is 13.4. The normalized spacial score (nSPS) is 13.8. The first-order chi connectivity index (χ1) is 21.3. The third kappa shape index (κ3) is 10.9. The van der Waals surface area contributed by atoms with Crippen molar-refractivity contribution in [2.24, 2.45) is 0 Å². The monoisotopic (exact) mass is 693 g/mol. The van der Waals surface area contributed by atoms with Crippen molar-refractivity contribution in [1.29, 1.82) is 0 Å². The fraction of sp³-hybridized carbons (Fsp3) is 0.500. The van der Waals surface area contributed by atoms with Crippen LogP contribution in [0.25, 0.3) is 0 Å². The van der Waals surface area contributed by atoms with Crippen molar-refractivity contribution >= 4 is 60.8 Å². The largest absolute Gasteiger partial charge is 0.510 e. The van der Waals surface area contributed by atoms with Gasteiger partial charge in [0.2, 0.25) is 13.6 Å². The number of piperidine rings is 1. The van der Waals surface area contributed by atoms with E-state index in [1.807, 2.05) is 0 Å². The van der Waals surface area contributed by atoms with Crippen LogP contribution in [0.4, 0.5) is 15.3 Å². The molecule has 248 valence electrons. The third-order valence-corrected chi connectivity index (χ3v) is 7.93. The van der Waals surface area contributed by atoms with Crippen LogP contribution in [-0.2, 0) is 32.6 Å². The van der Waals surface area contributed by atoms with Crippen LogP contribution in [0.3, 0.4) is 0 Å². The molecule has 0 spiro atoms. The van der Waals surface area contributed by atoms with Crippen LogP contribution < -0.4 is 16.0 Å². The van der Waals surface area contributed by atoms with Gasteiger partial charge in [-0.1, -0.05) is 29.3 Å². The van der Waals surface area contributed by atoms with Crippen molar-refractivity contribution < 1.29 is 51.7 Å². The lowest BCUT2D eigenvalue weighted by Crippen LogP contribution is -2.43. The number of amides is 2. The number of nitrogens with one attached hydrogen (secondary N) is 3. The molecular formula is C26H34Cl2N5O11P. The summed E-state index contributed by atoms with van der Waals surface area (Å²) in [5, 5.41) is 12.7. The topological polar surface area (TPSA) is 195 Å². The van der Waals surface area contributed by atoms with Crippen molar-refractivity contribution in [3.05, 3.63) is 45.7 Å². The summed E-state index contributed by atoms with van der Waals surface area (Å²) in [7, 11) is -4.73. The Balaban J connectivity index is 1.94. The average Bonchev–Trinajstić information content (AvgIpc) is 3.37. The van der Waals surface area contributed by atoms with Gasteiger partial charge in [-0.15, -0.1) is 0 Å². The van der Waals surface area contributed by atoms with E-state index >= 15 is 0 Å². The van der Waals surface area contributed by atoms with Crippen molar-refractivity contribution in [3.63, 3.8) is 0 Å². The molecule has 2 amide bonds. The molecule has 1 aromatic heterocycles. The van der Waals surface area contributed by atoms with Gasteiger partial charge in [0.05, 0.1) is 39.7 Å². The molecular weight excluding hydrogens is 660 g/mol. The van der Waals surface area contributed by atoms with Crippen molar-refractivity contribution in [2.75, 3.05) is 32.0 Å². The van der Waals surface area contributed by atoms with Gasteiger partial charge in [0.25, 0.3) is 11.8 Å². The number of rotatable bonds is 13. The minimum absolute atomic E-state index is 0.0290. The molecule has 0 bridgehead atoms. The molecule has 1 aliphatic heterocycles. The summed E-state index contributed by atoms with van der Waals surface area (Å²) >= 11 is 12.4. The van der Waals surface area contributed by atoms with E-state index in [-0.39, 0.29) is 33.0 Å². The Bertz CT molecular complexity index is 1360. The molecule has 0 saturated carbocycles. The third-order valence-electron chi connectivity index (χ3n) is 5.73. The lowest BCUT2D eigenvalue weighted by atomic mass is 10.1. The Morgan fingerprint density at radius 1 is 0.956 bits per heavy atom. The molecule has 0 radical (unpaired) electrons. The highest BCUT2D eigenvalue weighted by Crippen LogP contribution is 2.50. The Hall–Kier alpha value is -3.40. The summed E-state index contributed by atoms with van der Waals surface area (Å²) in [4.78, 5) is 50.3. The number of hydrogen-bond acceptors (Lipinski definition) is 13. The Morgan fingerprint density at radius 2 is 1.49 bits per heavy atom. The Morgan fingerprint density at radius 3 is 2.00 bits per heavy atom. The summed E-state index contributed by atoms with van der Waals surface area (Å²) in [6.07, 6.45) is -1.08. The molecule has 0 atom stereocenters. The van der Waals surface area contributed by atoms with E-state index in [4.69, 9.17) is 51.2 Å². The maximum atomic E-state index is 14.0. The second kappa shape index (κ2) is 16.8. The van der Waals surface area contributed by atoms with Gasteiger partial charge in [-0.2, -0.15) is 9.55 Å². The SMILES string of the molecule is CC(C)OC(=O)OCOP(=O)(OCOC(=O)OC(C)C)n1cc(NC(=O)c2c(Cl)cccc2Cl)c(C(=O)NC2CCNCC2)n1. The van der Waals surface area contributed by atoms with Crippen LogP contribution in [0.2, 0.25) is 10.0 Å². The van der Waals surface area contributed by atoms with Gasteiger partial charge in [-0.05, 0) is 65.8 Å². The molecule has 3 N–H and O–H groups in total. The van der Waals surface area contributed by atoms with Crippen LogP contribution >= 0.6 is 30.9 Å². The average molecular weight is 694 g/mol. The zero-order chi connectivity index (χ0) is 33.1. The number of anilines is 1. The van der Waals surface area contributed by atoms with Gasteiger partial charge in [0.15, 0.2) is 5.69 Å². The summed E-state index contributed by atoms with van der Waals surface area (Å²) in [6.45, 7) is 5.72. The highest BCUT2D eigenvalue weighted by Gasteiger charge is 2.35. The van der Waals surface area contributed by atoms with Crippen molar-refractivity contribution in [1.82, 2.24) is 20.2 Å². The van der Waals surface area contributed by atoms with E-state index < -0.39 is 57.7 Å². The quantitative estimate of drug-likeness (QED) is 0.145. The van der Waals surface area contributed by atoms with Gasteiger partial charge >= 0.3 is 20.1 Å². The van der Waals surface area contributed by atoms with Crippen molar-refractivity contribution in [2.45, 2.75) is 58.8 Å². The van der Waals surface area contributed by atoms with Gasteiger partial charge in [0.1, 0.15) is 0 Å². The molecule has 45 heavy (non-hydrogen) atoms. The lowest BCUT2D eigenvalue weighted by molar-refractivity contribution is -0.0320. The number of nitrogens with zero attached hydrogens (tertiary/aromatic N) is 2. The fourth-order valence-corrected chi connectivity index (χ4v) is 5.46. The smallest absolute Gasteiger partial charge is 0.432 e. The van der Waals surface area contributed by atoms with Crippen molar-refractivity contribution in [3.8, 4) is 0 Å². The molecule has 0 aliphatic carbocycles. The molecule has 1 saturated heterocycles. The number of aromatic nitrogens is 2. The summed E-state index contributed by atoms with van der Waals surface area (Å²) < 4.78 is 44.3. The maximum Gasteiger partial charge on any atom is 0.510 e. The van der Waals surface area contributed by atoms with Crippen LogP contribution in [0.15, 0.2) is 24.4 Å². The van der Waals surface area contributed by atoms with Crippen LogP contribution in [0.5, 0.6) is 0 Å². The highest BCUT2D eigenvalue weighted by molar-refractivity contribution is 7.52. The number of benzene rings is 1. The van der Waals surface area contributed by atoms with Gasteiger partial charge < -0.3 is 34.9 Å². The minimum atomic E-state index is -4.73. The van der Waals surface area contributed by atoms with E-state index in [2.05, 4.69) is 21.0 Å². The summed E-state index contributed by atoms with van der Waals surface area (Å²) in [6, 6.07) is 4.22. The van der Waals surface area contributed by atoms with Gasteiger partial charge in [0, 0.05) is 6.04 Å².